The predicted molar refractivity (Wildman–Crippen MR) is 113 cm³/mol. The SMILES string of the molecule is CC(=O)c1cc2c(cc1F)c(C(C)=O)c(-c1ccc(S(N)(=O)=O)cn1)n2-c1ncccn1. The Morgan fingerprint density at radius 2 is 1.72 bits per heavy atom. The molecule has 0 bridgehead atoms. The van der Waals surface area contributed by atoms with Crippen LogP contribution in [-0.2, 0) is 10.0 Å². The van der Waals surface area contributed by atoms with E-state index >= 15 is 0 Å². The van der Waals surface area contributed by atoms with E-state index in [4.69, 9.17) is 5.14 Å². The third-order valence-electron chi connectivity index (χ3n) is 4.85. The molecule has 0 spiro atoms. The number of Topliss-reactive ketones (excluding diaryl/α,β-unsaturated/α-hetero) is 2. The molecular formula is C21H16FN5O4S. The summed E-state index contributed by atoms with van der Waals surface area (Å²) in [7, 11) is -3.98. The number of rotatable bonds is 5. The summed E-state index contributed by atoms with van der Waals surface area (Å²) in [5.74, 6) is -1.51. The van der Waals surface area contributed by atoms with E-state index < -0.39 is 27.4 Å². The Morgan fingerprint density at radius 3 is 2.25 bits per heavy atom. The van der Waals surface area contributed by atoms with Gasteiger partial charge in [-0.05, 0) is 44.2 Å². The summed E-state index contributed by atoms with van der Waals surface area (Å²) >= 11 is 0. The minimum Gasteiger partial charge on any atom is -0.294 e. The molecule has 32 heavy (non-hydrogen) atoms. The molecule has 0 fully saturated rings. The Balaban J connectivity index is 2.17. The van der Waals surface area contributed by atoms with Gasteiger partial charge in [0.05, 0.1) is 28.0 Å². The first kappa shape index (κ1) is 21.4. The average Bonchev–Trinajstić information content (AvgIpc) is 3.07. The Morgan fingerprint density at radius 1 is 1.03 bits per heavy atom. The van der Waals surface area contributed by atoms with E-state index in [1.165, 1.54) is 49.0 Å². The number of halogens is 1. The highest BCUT2D eigenvalue weighted by molar-refractivity contribution is 7.89. The van der Waals surface area contributed by atoms with Crippen molar-refractivity contribution in [1.82, 2.24) is 19.5 Å². The van der Waals surface area contributed by atoms with Gasteiger partial charge in [-0.15, -0.1) is 0 Å². The zero-order valence-electron chi connectivity index (χ0n) is 16.9. The first-order valence-electron chi connectivity index (χ1n) is 9.26. The van der Waals surface area contributed by atoms with Gasteiger partial charge in [0.15, 0.2) is 11.6 Å². The van der Waals surface area contributed by atoms with E-state index in [0.717, 1.165) is 12.3 Å². The second kappa shape index (κ2) is 7.70. The molecule has 0 aliphatic carbocycles. The molecule has 1 aromatic carbocycles. The first-order chi connectivity index (χ1) is 15.1. The van der Waals surface area contributed by atoms with Crippen LogP contribution in [0, 0.1) is 5.82 Å². The van der Waals surface area contributed by atoms with Crippen LogP contribution in [0.15, 0.2) is 53.8 Å². The number of hydrogen-bond acceptors (Lipinski definition) is 7. The lowest BCUT2D eigenvalue weighted by atomic mass is 10.0. The monoisotopic (exact) mass is 453 g/mol. The van der Waals surface area contributed by atoms with E-state index in [1.54, 1.807) is 6.07 Å². The number of carbonyl (C=O) groups is 2. The molecule has 3 heterocycles. The van der Waals surface area contributed by atoms with Crippen molar-refractivity contribution >= 4 is 32.5 Å². The molecule has 0 saturated heterocycles. The van der Waals surface area contributed by atoms with Crippen LogP contribution < -0.4 is 5.14 Å². The maximum absolute atomic E-state index is 14.7. The van der Waals surface area contributed by atoms with Crippen LogP contribution in [0.3, 0.4) is 0 Å². The number of pyridine rings is 1. The lowest BCUT2D eigenvalue weighted by molar-refractivity contribution is 0.100. The molecule has 0 atom stereocenters. The zero-order chi connectivity index (χ0) is 23.2. The van der Waals surface area contributed by atoms with Gasteiger partial charge in [-0.3, -0.25) is 19.1 Å². The number of nitrogens with zero attached hydrogens (tertiary/aromatic N) is 4. The highest BCUT2D eigenvalue weighted by atomic mass is 32.2. The van der Waals surface area contributed by atoms with Crippen LogP contribution in [0.4, 0.5) is 4.39 Å². The summed E-state index contributed by atoms with van der Waals surface area (Å²) in [6, 6.07) is 6.67. The summed E-state index contributed by atoms with van der Waals surface area (Å²) in [4.78, 5) is 37.0. The van der Waals surface area contributed by atoms with E-state index in [-0.39, 0.29) is 38.7 Å². The van der Waals surface area contributed by atoms with E-state index in [1.807, 2.05) is 0 Å². The normalized spacial score (nSPS) is 11.6. The molecule has 162 valence electrons. The summed E-state index contributed by atoms with van der Waals surface area (Å²) in [6.45, 7) is 2.54. The maximum atomic E-state index is 14.7. The number of sulfonamides is 1. The number of ketones is 2. The van der Waals surface area contributed by atoms with E-state index in [9.17, 15) is 22.4 Å². The molecule has 4 rings (SSSR count). The van der Waals surface area contributed by atoms with Gasteiger partial charge in [0.25, 0.3) is 0 Å². The van der Waals surface area contributed by atoms with Gasteiger partial charge < -0.3 is 0 Å². The van der Waals surface area contributed by atoms with E-state index in [2.05, 4.69) is 15.0 Å². The van der Waals surface area contributed by atoms with Gasteiger partial charge in [-0.1, -0.05) is 0 Å². The maximum Gasteiger partial charge on any atom is 0.239 e. The zero-order valence-corrected chi connectivity index (χ0v) is 17.7. The molecule has 11 heteroatoms. The van der Waals surface area contributed by atoms with Gasteiger partial charge in [-0.2, -0.15) is 0 Å². The predicted octanol–water partition coefficient (Wildman–Crippen LogP) is 2.67. The minimum absolute atomic E-state index is 0.123. The molecule has 0 saturated carbocycles. The minimum atomic E-state index is -3.98. The summed E-state index contributed by atoms with van der Waals surface area (Å²) < 4.78 is 39.4. The van der Waals surface area contributed by atoms with Gasteiger partial charge in [0.2, 0.25) is 16.0 Å². The fourth-order valence-corrected chi connectivity index (χ4v) is 3.94. The van der Waals surface area contributed by atoms with Crippen molar-refractivity contribution in [1.29, 1.82) is 0 Å². The fourth-order valence-electron chi connectivity index (χ4n) is 3.48. The molecule has 0 amide bonds. The topological polar surface area (TPSA) is 138 Å². The fraction of sp³-hybridized carbons (Fsp3) is 0.0952. The number of primary sulfonamides is 1. The number of hydrogen-bond donors (Lipinski definition) is 1. The Labute approximate surface area is 181 Å². The number of benzene rings is 1. The quantitative estimate of drug-likeness (QED) is 0.459. The summed E-state index contributed by atoms with van der Waals surface area (Å²) in [5, 5.41) is 5.38. The van der Waals surface area contributed by atoms with Crippen molar-refractivity contribution in [3.63, 3.8) is 0 Å². The van der Waals surface area contributed by atoms with Crippen molar-refractivity contribution in [3.05, 3.63) is 65.9 Å². The Hall–Kier alpha value is -3.83. The van der Waals surface area contributed by atoms with Crippen molar-refractivity contribution in [3.8, 4) is 17.3 Å². The third-order valence-corrected chi connectivity index (χ3v) is 5.75. The van der Waals surface area contributed by atoms with Crippen molar-refractivity contribution in [2.75, 3.05) is 0 Å². The van der Waals surface area contributed by atoms with Crippen molar-refractivity contribution in [2.45, 2.75) is 18.7 Å². The first-order valence-corrected chi connectivity index (χ1v) is 10.8. The molecule has 4 aromatic rings. The third kappa shape index (κ3) is 3.57. The van der Waals surface area contributed by atoms with Crippen LogP contribution in [0.2, 0.25) is 0 Å². The molecule has 9 nitrogen and oxygen atoms in total. The van der Waals surface area contributed by atoms with Gasteiger partial charge >= 0.3 is 0 Å². The molecule has 0 radical (unpaired) electrons. The average molecular weight is 453 g/mol. The van der Waals surface area contributed by atoms with Crippen LogP contribution in [0.25, 0.3) is 28.2 Å². The molecule has 0 aliphatic rings. The lowest BCUT2D eigenvalue weighted by Crippen LogP contribution is -2.12. The van der Waals surface area contributed by atoms with Crippen LogP contribution in [0.1, 0.15) is 34.6 Å². The van der Waals surface area contributed by atoms with Crippen molar-refractivity contribution < 1.29 is 22.4 Å². The van der Waals surface area contributed by atoms with Crippen LogP contribution in [0.5, 0.6) is 0 Å². The number of aromatic nitrogens is 4. The number of nitrogens with two attached hydrogens (primary N) is 1. The largest absolute Gasteiger partial charge is 0.294 e. The summed E-state index contributed by atoms with van der Waals surface area (Å²) in [5.41, 5.74) is 0.708. The molecule has 2 N–H and O–H groups in total. The Kier molecular flexibility index (Phi) is 5.15. The van der Waals surface area contributed by atoms with Crippen LogP contribution in [-0.4, -0.2) is 39.5 Å². The standard InChI is InChI=1S/C21H16FN5O4S/c1-11(28)14-9-18-15(8-16(14)22)19(12(2)29)20(27(18)21-24-6-3-7-25-21)17-5-4-13(10-26-17)32(23,30)31/h3-10H,1-2H3,(H2,23,30,31). The highest BCUT2D eigenvalue weighted by Gasteiger charge is 2.27. The number of fused-ring (bicyclic) bond motifs is 1. The second-order valence-electron chi connectivity index (χ2n) is 6.99. The van der Waals surface area contributed by atoms with E-state index in [0.29, 0.717) is 5.52 Å². The number of carbonyl (C=O) groups excluding carboxylic acids is 2. The smallest absolute Gasteiger partial charge is 0.239 e. The van der Waals surface area contributed by atoms with Gasteiger partial charge in [-0.25, -0.2) is 27.9 Å². The lowest BCUT2D eigenvalue weighted by Gasteiger charge is -2.10. The second-order valence-corrected chi connectivity index (χ2v) is 8.55. The van der Waals surface area contributed by atoms with Gasteiger partial charge in [0.1, 0.15) is 10.7 Å². The molecule has 3 aromatic heterocycles. The molecule has 0 unspecified atom stereocenters. The highest BCUT2D eigenvalue weighted by Crippen LogP contribution is 2.36. The molecule has 0 aliphatic heterocycles. The van der Waals surface area contributed by atoms with Gasteiger partial charge in [0, 0.05) is 24.0 Å². The van der Waals surface area contributed by atoms with Crippen LogP contribution >= 0.6 is 0 Å². The molecular weight excluding hydrogens is 437 g/mol. The van der Waals surface area contributed by atoms with Crippen molar-refractivity contribution in [2.24, 2.45) is 5.14 Å². The Bertz CT molecular complexity index is 1500. The summed E-state index contributed by atoms with van der Waals surface area (Å²) in [6.07, 6.45) is 4.03.